The first-order valence-corrected chi connectivity index (χ1v) is 9.54. The molecule has 0 aliphatic carbocycles. The van der Waals surface area contributed by atoms with Crippen LogP contribution in [0.25, 0.3) is 11.5 Å². The molecule has 2 aromatic heterocycles. The van der Waals surface area contributed by atoms with Gasteiger partial charge in [-0.25, -0.2) is 9.07 Å². The first kappa shape index (κ1) is 17.4. The molecule has 1 aliphatic rings. The van der Waals surface area contributed by atoms with Crippen LogP contribution in [0, 0.1) is 5.82 Å². The van der Waals surface area contributed by atoms with Crippen molar-refractivity contribution in [2.24, 2.45) is 0 Å². The van der Waals surface area contributed by atoms with Gasteiger partial charge in [-0.15, -0.1) is 0 Å². The predicted molar refractivity (Wildman–Crippen MR) is 108 cm³/mol. The highest BCUT2D eigenvalue weighted by Gasteiger charge is 2.27. The van der Waals surface area contributed by atoms with Gasteiger partial charge in [0.05, 0.1) is 11.9 Å². The van der Waals surface area contributed by atoms with Gasteiger partial charge >= 0.3 is 0 Å². The normalized spacial score (nSPS) is 13.3. The molecular weight excluding hydrogens is 367 g/mol. The maximum atomic E-state index is 13.4. The largest absolute Gasteiger partial charge is 0.334 e. The fourth-order valence-electron chi connectivity index (χ4n) is 3.83. The van der Waals surface area contributed by atoms with Gasteiger partial charge in [0.1, 0.15) is 11.4 Å². The Morgan fingerprint density at radius 1 is 0.931 bits per heavy atom. The van der Waals surface area contributed by atoms with Gasteiger partial charge in [-0.1, -0.05) is 24.3 Å². The molecule has 0 unspecified atom stereocenters. The fourth-order valence-corrected chi connectivity index (χ4v) is 3.83. The molecule has 1 aliphatic heterocycles. The van der Waals surface area contributed by atoms with E-state index >= 15 is 0 Å². The Kier molecular flexibility index (Phi) is 4.24. The number of hydrogen-bond acceptors (Lipinski definition) is 2. The third-order valence-electron chi connectivity index (χ3n) is 5.31. The average Bonchev–Trinajstić information content (AvgIpc) is 3.43. The molecule has 5 rings (SSSR count). The zero-order chi connectivity index (χ0) is 19.8. The average molecular weight is 386 g/mol. The van der Waals surface area contributed by atoms with Gasteiger partial charge in [0.25, 0.3) is 5.91 Å². The summed E-state index contributed by atoms with van der Waals surface area (Å²) in [5.41, 5.74) is 3.69. The molecule has 1 amide bonds. The molecule has 3 heterocycles. The minimum atomic E-state index is -0.313. The molecule has 2 aromatic carbocycles. The van der Waals surface area contributed by atoms with E-state index in [1.807, 2.05) is 46.1 Å². The second-order valence-corrected chi connectivity index (χ2v) is 7.11. The Labute approximate surface area is 167 Å². The Morgan fingerprint density at radius 3 is 2.41 bits per heavy atom. The Hall–Kier alpha value is -3.67. The molecule has 0 spiro atoms. The van der Waals surface area contributed by atoms with Crippen molar-refractivity contribution in [1.82, 2.24) is 19.2 Å². The van der Waals surface area contributed by atoms with Crippen molar-refractivity contribution in [3.05, 3.63) is 102 Å². The lowest BCUT2D eigenvalue weighted by atomic mass is 9.99. The third-order valence-corrected chi connectivity index (χ3v) is 5.31. The molecule has 0 saturated heterocycles. The summed E-state index contributed by atoms with van der Waals surface area (Å²) < 4.78 is 16.9. The number of aromatic nitrogens is 3. The number of carbonyl (C=O) groups is 1. The molecule has 0 radical (unpaired) electrons. The molecule has 144 valence electrons. The summed E-state index contributed by atoms with van der Waals surface area (Å²) in [6, 6.07) is 18.1. The number of carbonyl (C=O) groups excluding carboxylic acids is 1. The van der Waals surface area contributed by atoms with Crippen LogP contribution in [0.3, 0.4) is 0 Å². The number of fused-ring (bicyclic) bond motifs is 1. The van der Waals surface area contributed by atoms with Gasteiger partial charge < -0.3 is 9.47 Å². The Bertz CT molecular complexity index is 1160. The number of amides is 1. The van der Waals surface area contributed by atoms with Crippen molar-refractivity contribution in [2.45, 2.75) is 13.0 Å². The number of hydrogen-bond donors (Lipinski definition) is 0. The van der Waals surface area contributed by atoms with E-state index in [9.17, 15) is 9.18 Å². The van der Waals surface area contributed by atoms with Crippen LogP contribution in [0.15, 0.2) is 79.3 Å². The van der Waals surface area contributed by atoms with E-state index in [-0.39, 0.29) is 11.7 Å². The molecule has 5 nitrogen and oxygen atoms in total. The van der Waals surface area contributed by atoms with E-state index in [1.165, 1.54) is 23.3 Å². The topological polar surface area (TPSA) is 43.1 Å². The van der Waals surface area contributed by atoms with Crippen LogP contribution in [0.5, 0.6) is 0 Å². The van der Waals surface area contributed by atoms with Crippen LogP contribution in [0.2, 0.25) is 0 Å². The molecule has 0 fully saturated rings. The van der Waals surface area contributed by atoms with Gasteiger partial charge in [-0.05, 0) is 53.9 Å². The lowest BCUT2D eigenvalue weighted by molar-refractivity contribution is 0.0734. The first-order chi connectivity index (χ1) is 14.2. The molecule has 29 heavy (non-hydrogen) atoms. The van der Waals surface area contributed by atoms with Crippen LogP contribution in [-0.4, -0.2) is 31.7 Å². The standard InChI is InChI=1S/C23H19FN4O/c24-19-7-9-20(10-8-19)28-22(26-12-3-4-13-26)21(15-25-28)23(29)27-14-11-17-5-1-2-6-18(17)16-27/h1-10,12-13,15H,11,14,16H2. The van der Waals surface area contributed by atoms with Crippen molar-refractivity contribution >= 4 is 5.91 Å². The second-order valence-electron chi connectivity index (χ2n) is 7.11. The molecule has 0 N–H and O–H groups in total. The van der Waals surface area contributed by atoms with Crippen molar-refractivity contribution in [3.63, 3.8) is 0 Å². The summed E-state index contributed by atoms with van der Waals surface area (Å²) in [4.78, 5) is 15.3. The molecule has 4 aromatic rings. The van der Waals surface area contributed by atoms with Crippen LogP contribution >= 0.6 is 0 Å². The van der Waals surface area contributed by atoms with Crippen molar-refractivity contribution in [2.75, 3.05) is 6.54 Å². The molecule has 0 saturated carbocycles. The van der Waals surface area contributed by atoms with Gasteiger partial charge in [0.2, 0.25) is 0 Å². The predicted octanol–water partition coefficient (Wildman–Crippen LogP) is 4.00. The maximum absolute atomic E-state index is 13.4. The second kappa shape index (κ2) is 7.05. The number of benzene rings is 2. The third kappa shape index (κ3) is 3.12. The first-order valence-electron chi connectivity index (χ1n) is 9.54. The highest BCUT2D eigenvalue weighted by molar-refractivity contribution is 5.97. The summed E-state index contributed by atoms with van der Waals surface area (Å²) in [5, 5.41) is 4.46. The lowest BCUT2D eigenvalue weighted by Crippen LogP contribution is -2.36. The van der Waals surface area contributed by atoms with E-state index in [2.05, 4.69) is 17.2 Å². The van der Waals surface area contributed by atoms with Crippen molar-refractivity contribution < 1.29 is 9.18 Å². The molecule has 0 bridgehead atoms. The molecule has 0 atom stereocenters. The van der Waals surface area contributed by atoms with Crippen LogP contribution in [-0.2, 0) is 13.0 Å². The van der Waals surface area contributed by atoms with E-state index in [0.717, 1.165) is 6.42 Å². The summed E-state index contributed by atoms with van der Waals surface area (Å²) >= 11 is 0. The van der Waals surface area contributed by atoms with Crippen LogP contribution in [0.1, 0.15) is 21.5 Å². The van der Waals surface area contributed by atoms with Crippen LogP contribution in [0.4, 0.5) is 4.39 Å². The van der Waals surface area contributed by atoms with E-state index < -0.39 is 0 Å². The maximum Gasteiger partial charge on any atom is 0.259 e. The van der Waals surface area contributed by atoms with Gasteiger partial charge in [-0.2, -0.15) is 5.10 Å². The van der Waals surface area contributed by atoms with Crippen LogP contribution < -0.4 is 0 Å². The van der Waals surface area contributed by atoms with E-state index in [0.29, 0.717) is 30.2 Å². The number of halogens is 1. The Morgan fingerprint density at radius 2 is 1.66 bits per heavy atom. The lowest BCUT2D eigenvalue weighted by Gasteiger charge is -2.29. The smallest absolute Gasteiger partial charge is 0.259 e. The summed E-state index contributed by atoms with van der Waals surface area (Å²) in [7, 11) is 0. The monoisotopic (exact) mass is 386 g/mol. The minimum absolute atomic E-state index is 0.0587. The fraction of sp³-hybridized carbons (Fsp3) is 0.130. The van der Waals surface area contributed by atoms with Gasteiger partial charge in [0, 0.05) is 25.5 Å². The van der Waals surface area contributed by atoms with Gasteiger partial charge in [0.15, 0.2) is 5.82 Å². The number of rotatable bonds is 3. The summed E-state index contributed by atoms with van der Waals surface area (Å²) in [6.07, 6.45) is 6.19. The van der Waals surface area contributed by atoms with E-state index in [1.54, 1.807) is 23.0 Å². The molecule has 6 heteroatoms. The Balaban J connectivity index is 1.55. The summed E-state index contributed by atoms with van der Waals surface area (Å²) in [6.45, 7) is 1.25. The van der Waals surface area contributed by atoms with Gasteiger partial charge in [-0.3, -0.25) is 4.79 Å². The van der Waals surface area contributed by atoms with Crippen molar-refractivity contribution in [3.8, 4) is 11.5 Å². The highest BCUT2D eigenvalue weighted by atomic mass is 19.1. The number of nitrogens with zero attached hydrogens (tertiary/aromatic N) is 4. The zero-order valence-corrected chi connectivity index (χ0v) is 15.7. The van der Waals surface area contributed by atoms with Crippen molar-refractivity contribution in [1.29, 1.82) is 0 Å². The summed E-state index contributed by atoms with van der Waals surface area (Å²) in [5.74, 6) is 0.272. The van der Waals surface area contributed by atoms with E-state index in [4.69, 9.17) is 0 Å². The quantitative estimate of drug-likeness (QED) is 0.534. The SMILES string of the molecule is O=C(c1cnn(-c2ccc(F)cc2)c1-n1cccc1)N1CCc2ccccc2C1. The highest BCUT2D eigenvalue weighted by Crippen LogP contribution is 2.25. The minimum Gasteiger partial charge on any atom is -0.334 e. The zero-order valence-electron chi connectivity index (χ0n) is 15.7. The molecular formula is C23H19FN4O.